The van der Waals surface area contributed by atoms with Crippen molar-refractivity contribution in [2.45, 2.75) is 19.1 Å². The highest BCUT2D eigenvalue weighted by Crippen LogP contribution is 2.26. The number of nitrogens with zero attached hydrogens (tertiary/aromatic N) is 1. The molecule has 0 bridgehead atoms. The molecule has 1 aromatic carbocycles. The number of thioether (sulfide) groups is 1. The molecule has 16 heavy (non-hydrogen) atoms. The molecule has 0 aliphatic heterocycles. The van der Waals surface area contributed by atoms with Crippen LogP contribution in [0, 0.1) is 10.1 Å². The molecule has 0 spiro atoms. The smallest absolute Gasteiger partial charge is 0.292 e. The lowest BCUT2D eigenvalue weighted by atomic mass is 10.2. The highest BCUT2D eigenvalue weighted by Gasteiger charge is 2.12. The van der Waals surface area contributed by atoms with Crippen LogP contribution in [0.15, 0.2) is 18.2 Å². The second-order valence-electron chi connectivity index (χ2n) is 3.41. The number of hydrogen-bond acceptors (Lipinski definition) is 4. The predicted molar refractivity (Wildman–Crippen MR) is 69.1 cm³/mol. The standard InChI is InChI=1S/C11H16N2O2S/c1-3-6-16-8-9-4-5-10(12-2)11(7-9)13(14)15/h4-5,7,12H,3,6,8H2,1-2H3. The molecule has 4 nitrogen and oxygen atoms in total. The maximum Gasteiger partial charge on any atom is 0.292 e. The first-order chi connectivity index (χ1) is 7.69. The fourth-order valence-electron chi connectivity index (χ4n) is 1.36. The van der Waals surface area contributed by atoms with E-state index in [9.17, 15) is 10.1 Å². The quantitative estimate of drug-likeness (QED) is 0.471. The zero-order chi connectivity index (χ0) is 12.0. The van der Waals surface area contributed by atoms with Gasteiger partial charge in [-0.3, -0.25) is 10.1 Å². The number of hydrogen-bond donors (Lipinski definition) is 1. The van der Waals surface area contributed by atoms with Crippen LogP contribution in [-0.4, -0.2) is 17.7 Å². The van der Waals surface area contributed by atoms with E-state index >= 15 is 0 Å². The van der Waals surface area contributed by atoms with Gasteiger partial charge in [0.1, 0.15) is 5.69 Å². The summed E-state index contributed by atoms with van der Waals surface area (Å²) < 4.78 is 0. The molecule has 5 heteroatoms. The van der Waals surface area contributed by atoms with E-state index < -0.39 is 0 Å². The van der Waals surface area contributed by atoms with Gasteiger partial charge in [-0.15, -0.1) is 0 Å². The van der Waals surface area contributed by atoms with Crippen LogP contribution in [0.3, 0.4) is 0 Å². The van der Waals surface area contributed by atoms with E-state index in [1.54, 1.807) is 30.9 Å². The molecule has 0 atom stereocenters. The fourth-order valence-corrected chi connectivity index (χ4v) is 2.21. The minimum Gasteiger partial charge on any atom is -0.383 e. The molecule has 1 rings (SSSR count). The van der Waals surface area contributed by atoms with Crippen LogP contribution in [0.25, 0.3) is 0 Å². The van der Waals surface area contributed by atoms with Gasteiger partial charge in [-0.25, -0.2) is 0 Å². The number of nitrogens with one attached hydrogen (secondary N) is 1. The molecule has 0 radical (unpaired) electrons. The average Bonchev–Trinajstić information content (AvgIpc) is 2.29. The summed E-state index contributed by atoms with van der Waals surface area (Å²) in [4.78, 5) is 10.5. The lowest BCUT2D eigenvalue weighted by Gasteiger charge is -2.05. The van der Waals surface area contributed by atoms with Crippen molar-refractivity contribution in [2.24, 2.45) is 0 Å². The van der Waals surface area contributed by atoms with E-state index in [2.05, 4.69) is 12.2 Å². The highest BCUT2D eigenvalue weighted by molar-refractivity contribution is 7.98. The Kier molecular flexibility index (Phi) is 5.11. The normalized spacial score (nSPS) is 10.1. The van der Waals surface area contributed by atoms with Crippen molar-refractivity contribution < 1.29 is 4.92 Å². The minimum atomic E-state index is -0.347. The van der Waals surface area contributed by atoms with Crippen molar-refractivity contribution in [3.8, 4) is 0 Å². The first-order valence-electron chi connectivity index (χ1n) is 5.21. The van der Waals surface area contributed by atoms with Gasteiger partial charge in [-0.1, -0.05) is 13.0 Å². The summed E-state index contributed by atoms with van der Waals surface area (Å²) in [5, 5.41) is 13.6. The summed E-state index contributed by atoms with van der Waals surface area (Å²) in [6.07, 6.45) is 1.13. The molecule has 0 fully saturated rings. The molecule has 0 unspecified atom stereocenters. The van der Waals surface area contributed by atoms with Gasteiger partial charge in [-0.05, 0) is 23.8 Å². The molecule has 1 N–H and O–H groups in total. The first kappa shape index (κ1) is 12.8. The lowest BCUT2D eigenvalue weighted by molar-refractivity contribution is -0.384. The van der Waals surface area contributed by atoms with Crippen molar-refractivity contribution in [1.82, 2.24) is 0 Å². The van der Waals surface area contributed by atoms with Gasteiger partial charge < -0.3 is 5.32 Å². The van der Waals surface area contributed by atoms with E-state index in [4.69, 9.17) is 0 Å². The van der Waals surface area contributed by atoms with Gasteiger partial charge in [0, 0.05) is 18.9 Å². The van der Waals surface area contributed by atoms with Gasteiger partial charge in [0.15, 0.2) is 0 Å². The SMILES string of the molecule is CCCSCc1ccc(NC)c([N+](=O)[O-])c1. The van der Waals surface area contributed by atoms with Crippen LogP contribution >= 0.6 is 11.8 Å². The Labute approximate surface area is 99.6 Å². The first-order valence-corrected chi connectivity index (χ1v) is 6.37. The zero-order valence-corrected chi connectivity index (χ0v) is 10.3. The lowest BCUT2D eigenvalue weighted by Crippen LogP contribution is -1.97. The largest absolute Gasteiger partial charge is 0.383 e. The summed E-state index contributed by atoms with van der Waals surface area (Å²) in [7, 11) is 1.69. The Morgan fingerprint density at radius 1 is 1.50 bits per heavy atom. The highest BCUT2D eigenvalue weighted by atomic mass is 32.2. The Morgan fingerprint density at radius 3 is 2.81 bits per heavy atom. The molecular formula is C11H16N2O2S. The fraction of sp³-hybridized carbons (Fsp3) is 0.455. The number of nitro groups is 1. The van der Waals surface area contributed by atoms with Gasteiger partial charge >= 0.3 is 0 Å². The molecule has 0 aliphatic carbocycles. The third kappa shape index (κ3) is 3.41. The Morgan fingerprint density at radius 2 is 2.25 bits per heavy atom. The van der Waals surface area contributed by atoms with Crippen molar-refractivity contribution in [2.75, 3.05) is 18.1 Å². The van der Waals surface area contributed by atoms with Crippen LogP contribution in [0.1, 0.15) is 18.9 Å². The molecule has 0 aliphatic rings. The van der Waals surface area contributed by atoms with Crippen LogP contribution in [0.4, 0.5) is 11.4 Å². The Balaban J connectivity index is 2.81. The van der Waals surface area contributed by atoms with Crippen molar-refractivity contribution >= 4 is 23.1 Å². The Bertz CT molecular complexity index is 369. The second-order valence-corrected chi connectivity index (χ2v) is 4.52. The molecular weight excluding hydrogens is 224 g/mol. The van der Waals surface area contributed by atoms with Gasteiger partial charge in [0.25, 0.3) is 5.69 Å². The molecule has 0 aromatic heterocycles. The maximum atomic E-state index is 10.8. The average molecular weight is 240 g/mol. The number of nitro benzene ring substituents is 1. The molecule has 0 saturated carbocycles. The van der Waals surface area contributed by atoms with Crippen molar-refractivity contribution in [3.05, 3.63) is 33.9 Å². The van der Waals surface area contributed by atoms with E-state index in [0.29, 0.717) is 5.69 Å². The predicted octanol–water partition coefficient (Wildman–Crippen LogP) is 3.28. The minimum absolute atomic E-state index is 0.150. The van der Waals surface area contributed by atoms with Crippen LogP contribution < -0.4 is 5.32 Å². The van der Waals surface area contributed by atoms with Gasteiger partial charge in [-0.2, -0.15) is 11.8 Å². The maximum absolute atomic E-state index is 10.8. The third-order valence-electron chi connectivity index (χ3n) is 2.15. The van der Waals surface area contributed by atoms with Crippen molar-refractivity contribution in [1.29, 1.82) is 0 Å². The molecule has 88 valence electrons. The van der Waals surface area contributed by atoms with Crippen LogP contribution in [-0.2, 0) is 5.75 Å². The number of rotatable bonds is 6. The molecule has 0 saturated heterocycles. The van der Waals surface area contributed by atoms with E-state index in [1.165, 1.54) is 0 Å². The third-order valence-corrected chi connectivity index (χ3v) is 3.38. The number of benzene rings is 1. The summed E-state index contributed by atoms with van der Waals surface area (Å²) in [6.45, 7) is 2.12. The number of anilines is 1. The summed E-state index contributed by atoms with van der Waals surface area (Å²) in [5.41, 5.74) is 1.72. The van der Waals surface area contributed by atoms with Gasteiger partial charge in [0.05, 0.1) is 4.92 Å². The summed E-state index contributed by atoms with van der Waals surface area (Å²) in [5.74, 6) is 1.92. The molecule has 0 heterocycles. The second kappa shape index (κ2) is 6.37. The molecule has 0 amide bonds. The summed E-state index contributed by atoms with van der Waals surface area (Å²) >= 11 is 1.80. The van der Waals surface area contributed by atoms with Crippen LogP contribution in [0.5, 0.6) is 0 Å². The Hall–Kier alpha value is -1.23. The van der Waals surface area contributed by atoms with Crippen LogP contribution in [0.2, 0.25) is 0 Å². The zero-order valence-electron chi connectivity index (χ0n) is 9.53. The van der Waals surface area contributed by atoms with Gasteiger partial charge in [0.2, 0.25) is 0 Å². The van der Waals surface area contributed by atoms with Crippen molar-refractivity contribution in [3.63, 3.8) is 0 Å². The van der Waals surface area contributed by atoms with E-state index in [-0.39, 0.29) is 10.6 Å². The molecule has 1 aromatic rings. The van der Waals surface area contributed by atoms with E-state index in [0.717, 1.165) is 23.5 Å². The summed E-state index contributed by atoms with van der Waals surface area (Å²) in [6, 6.07) is 5.34. The van der Waals surface area contributed by atoms with E-state index in [1.807, 2.05) is 6.07 Å². The monoisotopic (exact) mass is 240 g/mol. The topological polar surface area (TPSA) is 55.2 Å².